The van der Waals surface area contributed by atoms with E-state index in [4.69, 9.17) is 13.9 Å². The van der Waals surface area contributed by atoms with Crippen molar-refractivity contribution in [1.29, 1.82) is 0 Å². The number of phenolic OH excluding ortho intramolecular Hbond substituents is 1. The molecule has 0 aliphatic carbocycles. The lowest BCUT2D eigenvalue weighted by molar-refractivity contribution is 0.107. The molecule has 44 heavy (non-hydrogen) atoms. The lowest BCUT2D eigenvalue weighted by atomic mass is 9.95. The first kappa shape index (κ1) is 25.0. The van der Waals surface area contributed by atoms with Crippen molar-refractivity contribution < 1.29 is 21.4 Å². The average Bonchev–Trinajstić information content (AvgIpc) is 3.68. The third-order valence-electron chi connectivity index (χ3n) is 9.46. The third kappa shape index (κ3) is 4.29. The molecule has 10 nitrogen and oxygen atoms in total. The molecule has 0 spiro atoms. The van der Waals surface area contributed by atoms with Crippen LogP contribution in [-0.4, -0.2) is 86.3 Å². The SMILES string of the molecule is [2H]C([2H])(Oc1nc(N2C[C@H]3CC[C@@H](C2)N3)c2cnn(-c3cc(O)cc4ccc(F)c(C#C)c34)c(=O)c2n1)[C@@]12CCCN1C[C@H](F)C2. The highest BCUT2D eigenvalue weighted by Crippen LogP contribution is 2.40. The van der Waals surface area contributed by atoms with Crippen LogP contribution < -0.4 is 20.5 Å². The zero-order chi connectivity index (χ0) is 32.0. The number of anilines is 1. The highest BCUT2D eigenvalue weighted by Gasteiger charge is 2.49. The molecule has 4 aliphatic rings. The normalized spacial score (nSPS) is 27.4. The molecule has 8 rings (SSSR count). The minimum absolute atomic E-state index is 0.0169. The standard InChI is InChI=1S/C32H31F2N7O3/c1-2-23-25(34)7-4-18-10-22(42)11-26(27(18)23)41-30(43)28-24(13-35-41)29(39-15-20-5-6-21(16-39)36-20)38-31(37-28)44-17-32-8-3-9-40(32)14-19(33)12-32/h1,4,7,10-11,13,19-21,36,42H,3,5-6,8-9,12,14-17H2/t19-,20-,21+,32+/m1/s1/i17D2. The molecule has 6 heterocycles. The van der Waals surface area contributed by atoms with Gasteiger partial charge in [-0.25, -0.2) is 8.78 Å². The van der Waals surface area contributed by atoms with Crippen LogP contribution in [0.25, 0.3) is 27.4 Å². The van der Waals surface area contributed by atoms with Crippen LogP contribution in [0.2, 0.25) is 0 Å². The van der Waals surface area contributed by atoms with E-state index < -0.39 is 29.6 Å². The molecule has 0 radical (unpaired) electrons. The van der Waals surface area contributed by atoms with Crippen LogP contribution in [0.3, 0.4) is 0 Å². The summed E-state index contributed by atoms with van der Waals surface area (Å²) >= 11 is 0. The summed E-state index contributed by atoms with van der Waals surface area (Å²) in [6, 6.07) is 5.41. The topological polar surface area (TPSA) is 109 Å². The fourth-order valence-corrected chi connectivity index (χ4v) is 7.53. The lowest BCUT2D eigenvalue weighted by Crippen LogP contribution is -2.51. The van der Waals surface area contributed by atoms with Crippen molar-refractivity contribution in [3.05, 3.63) is 52.2 Å². The first-order valence-electron chi connectivity index (χ1n) is 15.9. The summed E-state index contributed by atoms with van der Waals surface area (Å²) in [5.41, 5.74) is -2.07. The second kappa shape index (κ2) is 10.1. The largest absolute Gasteiger partial charge is 0.508 e. The second-order valence-corrected chi connectivity index (χ2v) is 12.2. The molecule has 0 amide bonds. The van der Waals surface area contributed by atoms with E-state index in [0.29, 0.717) is 49.1 Å². The molecule has 0 unspecified atom stereocenters. The van der Waals surface area contributed by atoms with Gasteiger partial charge in [0, 0.05) is 49.6 Å². The molecule has 2 bridgehead atoms. The van der Waals surface area contributed by atoms with E-state index in [1.165, 1.54) is 30.5 Å². The maximum Gasteiger partial charge on any atom is 0.319 e. The number of hydrogen-bond acceptors (Lipinski definition) is 9. The number of hydrogen-bond donors (Lipinski definition) is 2. The van der Waals surface area contributed by atoms with E-state index in [9.17, 15) is 18.7 Å². The number of terminal acetylenes is 1. The molecule has 2 aromatic heterocycles. The maximum absolute atomic E-state index is 14.8. The van der Waals surface area contributed by atoms with Crippen molar-refractivity contribution in [3.63, 3.8) is 0 Å². The summed E-state index contributed by atoms with van der Waals surface area (Å²) < 4.78 is 54.5. The van der Waals surface area contributed by atoms with Gasteiger partial charge in [0.05, 0.1) is 31.1 Å². The van der Waals surface area contributed by atoms with Gasteiger partial charge in [0.25, 0.3) is 5.56 Å². The number of alkyl halides is 1. The summed E-state index contributed by atoms with van der Waals surface area (Å²) in [6.07, 6.45) is 8.99. The third-order valence-corrected chi connectivity index (χ3v) is 9.46. The number of piperazine rings is 1. The van der Waals surface area contributed by atoms with Crippen LogP contribution in [0.4, 0.5) is 14.6 Å². The minimum atomic E-state index is -2.37. The van der Waals surface area contributed by atoms with Crippen LogP contribution in [0.15, 0.2) is 35.3 Å². The molecule has 4 fully saturated rings. The van der Waals surface area contributed by atoms with Crippen LogP contribution in [0.1, 0.15) is 40.4 Å². The highest BCUT2D eigenvalue weighted by atomic mass is 19.1. The van der Waals surface area contributed by atoms with Crippen LogP contribution in [0, 0.1) is 18.2 Å². The zero-order valence-electron chi connectivity index (χ0n) is 25.8. The van der Waals surface area contributed by atoms with Crippen LogP contribution >= 0.6 is 0 Å². The van der Waals surface area contributed by atoms with E-state index in [2.05, 4.69) is 26.3 Å². The van der Waals surface area contributed by atoms with E-state index >= 15 is 0 Å². The molecule has 0 saturated carbocycles. The van der Waals surface area contributed by atoms with E-state index in [-0.39, 0.29) is 59.0 Å². The number of nitrogens with zero attached hydrogens (tertiary/aromatic N) is 6. The van der Waals surface area contributed by atoms with Gasteiger partial charge in [0.1, 0.15) is 35.6 Å². The van der Waals surface area contributed by atoms with Crippen molar-refractivity contribution in [2.45, 2.75) is 55.9 Å². The van der Waals surface area contributed by atoms with Crippen molar-refractivity contribution >= 4 is 27.5 Å². The highest BCUT2D eigenvalue weighted by molar-refractivity contribution is 5.97. The van der Waals surface area contributed by atoms with Crippen molar-refractivity contribution in [1.82, 2.24) is 30.0 Å². The number of ether oxygens (including phenoxy) is 1. The Morgan fingerprint density at radius 1 is 1.23 bits per heavy atom. The molecule has 226 valence electrons. The zero-order valence-corrected chi connectivity index (χ0v) is 23.8. The van der Waals surface area contributed by atoms with Gasteiger partial charge in [0.2, 0.25) is 0 Å². The molecular formula is C32H31F2N7O3. The van der Waals surface area contributed by atoms with Gasteiger partial charge in [-0.1, -0.05) is 12.0 Å². The van der Waals surface area contributed by atoms with Crippen molar-refractivity contribution in [2.24, 2.45) is 0 Å². The Morgan fingerprint density at radius 3 is 2.84 bits per heavy atom. The van der Waals surface area contributed by atoms with E-state index in [0.717, 1.165) is 17.5 Å². The molecule has 12 heteroatoms. The molecule has 2 N–H and O–H groups in total. The lowest BCUT2D eigenvalue weighted by Gasteiger charge is -2.34. The first-order valence-corrected chi connectivity index (χ1v) is 14.9. The number of aromatic hydroxyl groups is 1. The van der Waals surface area contributed by atoms with Crippen LogP contribution in [0.5, 0.6) is 11.8 Å². The number of rotatable bonds is 5. The minimum Gasteiger partial charge on any atom is -0.508 e. The summed E-state index contributed by atoms with van der Waals surface area (Å²) in [7, 11) is 0. The molecule has 4 saturated heterocycles. The predicted octanol–water partition coefficient (Wildman–Crippen LogP) is 3.05. The summed E-state index contributed by atoms with van der Waals surface area (Å²) in [4.78, 5) is 27.2. The van der Waals surface area contributed by atoms with Gasteiger partial charge in [0.15, 0.2) is 0 Å². The van der Waals surface area contributed by atoms with Gasteiger partial charge < -0.3 is 20.1 Å². The Morgan fingerprint density at radius 2 is 2.05 bits per heavy atom. The Bertz CT molecular complexity index is 2010. The summed E-state index contributed by atoms with van der Waals surface area (Å²) in [5, 5.41) is 19.4. The smallest absolute Gasteiger partial charge is 0.319 e. The predicted molar refractivity (Wildman–Crippen MR) is 161 cm³/mol. The van der Waals surface area contributed by atoms with Gasteiger partial charge >= 0.3 is 6.01 Å². The molecule has 4 aromatic rings. The fourth-order valence-electron chi connectivity index (χ4n) is 7.53. The monoisotopic (exact) mass is 601 g/mol. The summed E-state index contributed by atoms with van der Waals surface area (Å²) in [5.74, 6) is 1.85. The van der Waals surface area contributed by atoms with Gasteiger partial charge in [-0.05, 0) is 49.7 Å². The number of halogens is 2. The quantitative estimate of drug-likeness (QED) is 0.334. The number of fused-ring (bicyclic) bond motifs is 5. The van der Waals surface area contributed by atoms with Crippen molar-refractivity contribution in [3.8, 4) is 29.8 Å². The average molecular weight is 602 g/mol. The molecule has 4 aliphatic heterocycles. The summed E-state index contributed by atoms with van der Waals surface area (Å²) in [6.45, 7) is -0.483. The van der Waals surface area contributed by atoms with Crippen LogP contribution in [-0.2, 0) is 0 Å². The van der Waals surface area contributed by atoms with Gasteiger partial charge in [-0.2, -0.15) is 19.7 Å². The molecule has 2 aromatic carbocycles. The Kier molecular flexibility index (Phi) is 5.75. The number of phenols is 1. The van der Waals surface area contributed by atoms with E-state index in [1.54, 1.807) is 4.90 Å². The molecular weight excluding hydrogens is 568 g/mol. The molecule has 4 atom stereocenters. The number of aromatic nitrogens is 4. The Hall–Kier alpha value is -4.34. The second-order valence-electron chi connectivity index (χ2n) is 12.2. The first-order chi connectivity index (χ1) is 22.1. The number of nitrogens with one attached hydrogen (secondary N) is 1. The maximum atomic E-state index is 14.8. The fraction of sp³-hybridized carbons (Fsp3) is 0.438. The van der Waals surface area contributed by atoms with Crippen molar-refractivity contribution in [2.75, 3.05) is 37.6 Å². The Balaban J connectivity index is 1.31. The van der Waals surface area contributed by atoms with Gasteiger partial charge in [-0.3, -0.25) is 9.69 Å². The van der Waals surface area contributed by atoms with E-state index in [1.807, 2.05) is 4.90 Å². The number of benzene rings is 2. The van der Waals surface area contributed by atoms with Gasteiger partial charge in [-0.15, -0.1) is 6.42 Å². The Labute approximate surface area is 254 Å².